The molecule has 0 unspecified atom stereocenters. The van der Waals surface area contributed by atoms with E-state index in [1.807, 2.05) is 80.7 Å². The highest BCUT2D eigenvalue weighted by Crippen LogP contribution is 2.29. The second-order valence-electron chi connectivity index (χ2n) is 8.20. The third-order valence-electron chi connectivity index (χ3n) is 4.38. The van der Waals surface area contributed by atoms with Gasteiger partial charge < -0.3 is 9.64 Å². The third kappa shape index (κ3) is 5.92. The van der Waals surface area contributed by atoms with E-state index >= 15 is 0 Å². The molecule has 31 heavy (non-hydrogen) atoms. The molecule has 162 valence electrons. The van der Waals surface area contributed by atoms with Gasteiger partial charge in [0.2, 0.25) is 5.91 Å². The van der Waals surface area contributed by atoms with E-state index in [-0.39, 0.29) is 12.0 Å². The second kappa shape index (κ2) is 9.31. The van der Waals surface area contributed by atoms with Crippen molar-refractivity contribution in [1.82, 2.24) is 9.88 Å². The van der Waals surface area contributed by atoms with Crippen molar-refractivity contribution >= 4 is 34.7 Å². The summed E-state index contributed by atoms with van der Waals surface area (Å²) in [4.78, 5) is 32.2. The number of hydrogen-bond donors (Lipinski definition) is 0. The lowest BCUT2D eigenvalue weighted by Gasteiger charge is -2.24. The van der Waals surface area contributed by atoms with Crippen LogP contribution in [0.3, 0.4) is 0 Å². The Kier molecular flexibility index (Phi) is 6.75. The number of ether oxygens (including phenoxy) is 1. The molecule has 3 aromatic rings. The van der Waals surface area contributed by atoms with Gasteiger partial charge in [0.15, 0.2) is 0 Å². The van der Waals surface area contributed by atoms with Crippen LogP contribution in [0.5, 0.6) is 0 Å². The predicted molar refractivity (Wildman–Crippen MR) is 125 cm³/mol. The fourth-order valence-corrected chi connectivity index (χ4v) is 3.85. The van der Waals surface area contributed by atoms with E-state index in [0.717, 1.165) is 27.6 Å². The summed E-state index contributed by atoms with van der Waals surface area (Å²) in [5, 5.41) is 2.79. The summed E-state index contributed by atoms with van der Waals surface area (Å²) < 4.78 is 5.39. The molecule has 6 nitrogen and oxygen atoms in total. The molecule has 2 amide bonds. The van der Waals surface area contributed by atoms with Gasteiger partial charge in [-0.25, -0.2) is 9.78 Å². The fourth-order valence-electron chi connectivity index (χ4n) is 2.99. The second-order valence-corrected chi connectivity index (χ2v) is 9.14. The Bertz CT molecular complexity index is 1040. The average molecular weight is 438 g/mol. The molecule has 0 saturated heterocycles. The van der Waals surface area contributed by atoms with E-state index in [1.165, 1.54) is 16.2 Å². The van der Waals surface area contributed by atoms with Gasteiger partial charge in [-0.1, -0.05) is 30.3 Å². The van der Waals surface area contributed by atoms with Crippen molar-refractivity contribution in [3.8, 4) is 11.3 Å². The molecule has 1 aromatic heterocycles. The zero-order valence-electron chi connectivity index (χ0n) is 18.5. The molecule has 0 radical (unpaired) electrons. The number of anilines is 2. The van der Waals surface area contributed by atoms with E-state index in [1.54, 1.807) is 18.9 Å². The maximum atomic E-state index is 12.2. The van der Waals surface area contributed by atoms with Gasteiger partial charge in [0.05, 0.1) is 12.2 Å². The smallest absolute Gasteiger partial charge is 0.410 e. The summed E-state index contributed by atoms with van der Waals surface area (Å²) in [5.41, 5.74) is 2.86. The van der Waals surface area contributed by atoms with Gasteiger partial charge in [-0.3, -0.25) is 9.69 Å². The van der Waals surface area contributed by atoms with E-state index in [2.05, 4.69) is 4.98 Å². The van der Waals surface area contributed by atoms with Crippen LogP contribution in [0.4, 0.5) is 16.2 Å². The number of amides is 2. The molecule has 0 bridgehead atoms. The number of benzene rings is 2. The van der Waals surface area contributed by atoms with E-state index in [0.29, 0.717) is 6.54 Å². The Morgan fingerprint density at radius 1 is 1.00 bits per heavy atom. The molecule has 1 heterocycles. The van der Waals surface area contributed by atoms with Crippen LogP contribution < -0.4 is 4.90 Å². The maximum absolute atomic E-state index is 12.2. The number of nitrogens with zero attached hydrogens (tertiary/aromatic N) is 3. The number of aromatic nitrogens is 1. The first-order chi connectivity index (χ1) is 14.6. The van der Waals surface area contributed by atoms with Crippen LogP contribution in [0.2, 0.25) is 0 Å². The Morgan fingerprint density at radius 3 is 2.19 bits per heavy atom. The average Bonchev–Trinajstić information content (AvgIpc) is 3.16. The normalized spacial score (nSPS) is 11.1. The minimum Gasteiger partial charge on any atom is -0.444 e. The van der Waals surface area contributed by atoms with Crippen LogP contribution in [0.15, 0.2) is 60.0 Å². The topological polar surface area (TPSA) is 62.7 Å². The predicted octanol–water partition coefficient (Wildman–Crippen LogP) is 5.86. The Labute approximate surface area is 187 Å². The zero-order valence-corrected chi connectivity index (χ0v) is 19.3. The quantitative estimate of drug-likeness (QED) is 0.501. The number of thiazole rings is 1. The zero-order chi connectivity index (χ0) is 22.6. The van der Waals surface area contributed by atoms with Gasteiger partial charge in [0.1, 0.15) is 10.6 Å². The first kappa shape index (κ1) is 22.5. The number of para-hydroxylation sites is 1. The molecule has 2 aromatic carbocycles. The standard InChI is InChI=1S/C24H27N3O3S/c1-17(28)27(19-9-7-6-8-10-19)20-13-11-18(12-14-20)21-16-31-22(25-21)15-26(5)23(29)30-24(2,3)4/h6-14,16H,15H2,1-5H3. The Hall–Kier alpha value is -3.19. The summed E-state index contributed by atoms with van der Waals surface area (Å²) in [6, 6.07) is 17.3. The van der Waals surface area contributed by atoms with Crippen LogP contribution in [0, 0.1) is 0 Å². The number of rotatable bonds is 5. The lowest BCUT2D eigenvalue weighted by molar-refractivity contribution is -0.115. The van der Waals surface area contributed by atoms with Crippen LogP contribution in [0.25, 0.3) is 11.3 Å². The van der Waals surface area contributed by atoms with Crippen molar-refractivity contribution in [1.29, 1.82) is 0 Å². The highest BCUT2D eigenvalue weighted by molar-refractivity contribution is 7.09. The summed E-state index contributed by atoms with van der Waals surface area (Å²) >= 11 is 1.50. The van der Waals surface area contributed by atoms with Crippen LogP contribution in [-0.4, -0.2) is 34.5 Å². The largest absolute Gasteiger partial charge is 0.444 e. The van der Waals surface area contributed by atoms with Crippen LogP contribution in [0.1, 0.15) is 32.7 Å². The molecule has 0 N–H and O–H groups in total. The number of carbonyl (C=O) groups excluding carboxylic acids is 2. The summed E-state index contributed by atoms with van der Waals surface area (Å²) in [6.45, 7) is 7.46. The van der Waals surface area contributed by atoms with E-state index in [9.17, 15) is 9.59 Å². The first-order valence-corrected chi connectivity index (χ1v) is 10.9. The highest BCUT2D eigenvalue weighted by Gasteiger charge is 2.20. The number of hydrogen-bond acceptors (Lipinski definition) is 5. The van der Waals surface area contributed by atoms with Gasteiger partial charge in [0, 0.05) is 36.3 Å². The highest BCUT2D eigenvalue weighted by atomic mass is 32.1. The summed E-state index contributed by atoms with van der Waals surface area (Å²) in [7, 11) is 1.70. The lowest BCUT2D eigenvalue weighted by atomic mass is 10.1. The Balaban J connectivity index is 1.73. The van der Waals surface area contributed by atoms with Gasteiger partial charge in [-0.05, 0) is 45.0 Å². The van der Waals surface area contributed by atoms with Gasteiger partial charge in [-0.2, -0.15) is 0 Å². The molecule has 0 aliphatic heterocycles. The molecule has 0 saturated carbocycles. The van der Waals surface area contributed by atoms with Gasteiger partial charge in [-0.15, -0.1) is 11.3 Å². The summed E-state index contributed by atoms with van der Waals surface area (Å²) in [6.07, 6.45) is -0.376. The molecule has 3 rings (SSSR count). The van der Waals surface area contributed by atoms with E-state index < -0.39 is 5.60 Å². The minimum absolute atomic E-state index is 0.0555. The lowest BCUT2D eigenvalue weighted by Crippen LogP contribution is -2.33. The Morgan fingerprint density at radius 2 is 1.61 bits per heavy atom. The molecular formula is C24H27N3O3S. The fraction of sp³-hybridized carbons (Fsp3) is 0.292. The van der Waals surface area contributed by atoms with E-state index in [4.69, 9.17) is 4.74 Å². The van der Waals surface area contributed by atoms with Crippen LogP contribution >= 0.6 is 11.3 Å². The van der Waals surface area contributed by atoms with Crippen molar-refractivity contribution in [2.45, 2.75) is 39.8 Å². The molecule has 7 heteroatoms. The molecule has 0 spiro atoms. The molecule has 0 atom stereocenters. The minimum atomic E-state index is -0.533. The summed E-state index contributed by atoms with van der Waals surface area (Å²) in [5.74, 6) is -0.0555. The molecule has 0 fully saturated rings. The van der Waals surface area contributed by atoms with Crippen LogP contribution in [-0.2, 0) is 16.1 Å². The van der Waals surface area contributed by atoms with Crippen molar-refractivity contribution in [2.75, 3.05) is 11.9 Å². The van der Waals surface area contributed by atoms with Crippen molar-refractivity contribution < 1.29 is 14.3 Å². The third-order valence-corrected chi connectivity index (χ3v) is 5.21. The van der Waals surface area contributed by atoms with Crippen molar-refractivity contribution in [3.05, 3.63) is 65.0 Å². The monoisotopic (exact) mass is 437 g/mol. The maximum Gasteiger partial charge on any atom is 0.410 e. The molecular weight excluding hydrogens is 410 g/mol. The number of carbonyl (C=O) groups is 2. The van der Waals surface area contributed by atoms with Crippen molar-refractivity contribution in [3.63, 3.8) is 0 Å². The molecule has 0 aliphatic carbocycles. The molecule has 0 aliphatic rings. The van der Waals surface area contributed by atoms with Gasteiger partial charge >= 0.3 is 6.09 Å². The van der Waals surface area contributed by atoms with Gasteiger partial charge in [0.25, 0.3) is 0 Å². The van der Waals surface area contributed by atoms with Crippen molar-refractivity contribution in [2.24, 2.45) is 0 Å². The SMILES string of the molecule is CC(=O)N(c1ccccc1)c1ccc(-c2csc(CN(C)C(=O)OC(C)(C)C)n2)cc1. The first-order valence-electron chi connectivity index (χ1n) is 9.99.